The van der Waals surface area contributed by atoms with E-state index >= 15 is 0 Å². The smallest absolute Gasteiger partial charge is 0.0619 e. The number of ether oxygens (including phenoxy) is 1. The Morgan fingerprint density at radius 1 is 1.64 bits per heavy atom. The summed E-state index contributed by atoms with van der Waals surface area (Å²) < 4.78 is 5.33. The van der Waals surface area contributed by atoms with Gasteiger partial charge < -0.3 is 10.1 Å². The molecule has 0 aromatic rings. The number of morpholine rings is 1. The Morgan fingerprint density at radius 2 is 2.45 bits per heavy atom. The molecule has 0 saturated carbocycles. The Morgan fingerprint density at radius 3 is 3.09 bits per heavy atom. The van der Waals surface area contributed by atoms with Crippen molar-refractivity contribution in [1.29, 1.82) is 0 Å². The van der Waals surface area contributed by atoms with E-state index in [2.05, 4.69) is 17.1 Å². The summed E-state index contributed by atoms with van der Waals surface area (Å²) in [6, 6.07) is 0.595. The van der Waals surface area contributed by atoms with Crippen molar-refractivity contribution in [3.05, 3.63) is 0 Å². The summed E-state index contributed by atoms with van der Waals surface area (Å²) in [6.45, 7) is 7.31. The van der Waals surface area contributed by atoms with Crippen LogP contribution < -0.4 is 5.32 Å². The number of hydrogen-bond donors (Lipinski definition) is 1. The molecule has 1 saturated heterocycles. The van der Waals surface area contributed by atoms with Crippen molar-refractivity contribution < 1.29 is 4.74 Å². The third-order valence-corrected chi connectivity index (χ3v) is 2.15. The van der Waals surface area contributed by atoms with Gasteiger partial charge in [-0.1, -0.05) is 0 Å². The van der Waals surface area contributed by atoms with E-state index in [1.165, 1.54) is 0 Å². The van der Waals surface area contributed by atoms with Crippen LogP contribution in [0.2, 0.25) is 0 Å². The maximum absolute atomic E-state index is 5.33. The maximum atomic E-state index is 5.33. The number of rotatable bonds is 3. The zero-order chi connectivity index (χ0) is 8.10. The number of likely N-dealkylation sites (N-methyl/N-ethyl adjacent to an activating group) is 1. The first-order valence-corrected chi connectivity index (χ1v) is 4.31. The van der Waals surface area contributed by atoms with Crippen LogP contribution in [0.5, 0.6) is 0 Å². The van der Waals surface area contributed by atoms with E-state index in [0.29, 0.717) is 6.04 Å². The number of hydrogen-bond acceptors (Lipinski definition) is 3. The lowest BCUT2D eigenvalue weighted by atomic mass is 10.2. The third-order valence-electron chi connectivity index (χ3n) is 2.15. The van der Waals surface area contributed by atoms with Crippen molar-refractivity contribution in [1.82, 2.24) is 10.2 Å². The molecule has 0 unspecified atom stereocenters. The van der Waals surface area contributed by atoms with Crippen LogP contribution >= 0.6 is 0 Å². The van der Waals surface area contributed by atoms with Gasteiger partial charge in [-0.15, -0.1) is 0 Å². The van der Waals surface area contributed by atoms with Gasteiger partial charge in [-0.3, -0.25) is 4.90 Å². The molecule has 0 amide bonds. The summed E-state index contributed by atoms with van der Waals surface area (Å²) in [5.41, 5.74) is 0. The van der Waals surface area contributed by atoms with Crippen LogP contribution in [0.4, 0.5) is 0 Å². The van der Waals surface area contributed by atoms with Crippen molar-refractivity contribution in [3.63, 3.8) is 0 Å². The van der Waals surface area contributed by atoms with Gasteiger partial charge in [-0.25, -0.2) is 0 Å². The van der Waals surface area contributed by atoms with Gasteiger partial charge in [0, 0.05) is 25.7 Å². The van der Waals surface area contributed by atoms with Gasteiger partial charge in [0.05, 0.1) is 13.2 Å². The quantitative estimate of drug-likeness (QED) is 0.622. The van der Waals surface area contributed by atoms with Crippen molar-refractivity contribution >= 4 is 0 Å². The predicted molar refractivity (Wildman–Crippen MR) is 45.8 cm³/mol. The van der Waals surface area contributed by atoms with Gasteiger partial charge in [-0.05, 0) is 14.0 Å². The number of nitrogens with zero attached hydrogens (tertiary/aromatic N) is 1. The van der Waals surface area contributed by atoms with Crippen molar-refractivity contribution in [3.8, 4) is 0 Å². The van der Waals surface area contributed by atoms with Crippen LogP contribution in [0.15, 0.2) is 0 Å². The van der Waals surface area contributed by atoms with E-state index in [9.17, 15) is 0 Å². The second-order valence-corrected chi connectivity index (χ2v) is 3.06. The van der Waals surface area contributed by atoms with Crippen LogP contribution in [0.3, 0.4) is 0 Å². The minimum atomic E-state index is 0.595. The molecule has 0 spiro atoms. The molecule has 0 aliphatic carbocycles. The highest BCUT2D eigenvalue weighted by Crippen LogP contribution is 2.04. The van der Waals surface area contributed by atoms with E-state index in [-0.39, 0.29) is 0 Å². The van der Waals surface area contributed by atoms with Crippen LogP contribution in [-0.2, 0) is 4.74 Å². The zero-order valence-electron chi connectivity index (χ0n) is 7.47. The van der Waals surface area contributed by atoms with E-state index in [0.717, 1.165) is 32.8 Å². The molecule has 0 aromatic carbocycles. The first kappa shape index (κ1) is 8.97. The second-order valence-electron chi connectivity index (χ2n) is 3.06. The predicted octanol–water partition coefficient (Wildman–Crippen LogP) is -0.0735. The summed E-state index contributed by atoms with van der Waals surface area (Å²) in [5, 5.41) is 3.15. The van der Waals surface area contributed by atoms with Gasteiger partial charge in [0.15, 0.2) is 0 Å². The van der Waals surface area contributed by atoms with Crippen LogP contribution in [0.1, 0.15) is 6.92 Å². The molecule has 1 N–H and O–H groups in total. The molecule has 1 fully saturated rings. The summed E-state index contributed by atoms with van der Waals surface area (Å²) in [5.74, 6) is 0. The molecule has 0 aromatic heterocycles. The molecule has 66 valence electrons. The van der Waals surface area contributed by atoms with Crippen molar-refractivity contribution in [2.24, 2.45) is 0 Å². The molecule has 0 bridgehead atoms. The molecule has 1 heterocycles. The van der Waals surface area contributed by atoms with Gasteiger partial charge >= 0.3 is 0 Å². The lowest BCUT2D eigenvalue weighted by molar-refractivity contribution is 0.000633. The summed E-state index contributed by atoms with van der Waals surface area (Å²) in [7, 11) is 1.99. The molecule has 1 rings (SSSR count). The molecule has 11 heavy (non-hydrogen) atoms. The zero-order valence-corrected chi connectivity index (χ0v) is 7.47. The van der Waals surface area contributed by atoms with E-state index in [4.69, 9.17) is 4.74 Å². The molecule has 1 atom stereocenters. The molecule has 3 heteroatoms. The second kappa shape index (κ2) is 4.70. The Bertz CT molecular complexity index is 108. The third kappa shape index (κ3) is 2.77. The van der Waals surface area contributed by atoms with Gasteiger partial charge in [0.1, 0.15) is 0 Å². The minimum Gasteiger partial charge on any atom is -0.379 e. The van der Waals surface area contributed by atoms with E-state index in [1.807, 2.05) is 7.05 Å². The highest BCUT2D eigenvalue weighted by atomic mass is 16.5. The van der Waals surface area contributed by atoms with Gasteiger partial charge in [-0.2, -0.15) is 0 Å². The van der Waals surface area contributed by atoms with Gasteiger partial charge in [0.2, 0.25) is 0 Å². The monoisotopic (exact) mass is 158 g/mol. The first-order valence-electron chi connectivity index (χ1n) is 4.31. The Labute approximate surface area is 68.7 Å². The molecule has 3 nitrogen and oxygen atoms in total. The lowest BCUT2D eigenvalue weighted by Gasteiger charge is -2.32. The normalized spacial score (nSPS) is 27.3. The topological polar surface area (TPSA) is 24.5 Å². The first-order chi connectivity index (χ1) is 5.34. The fourth-order valence-electron chi connectivity index (χ4n) is 1.35. The molecule has 1 aliphatic rings. The molecule has 0 radical (unpaired) electrons. The lowest BCUT2D eigenvalue weighted by Crippen LogP contribution is -2.45. The van der Waals surface area contributed by atoms with E-state index in [1.54, 1.807) is 0 Å². The van der Waals surface area contributed by atoms with Crippen molar-refractivity contribution in [2.45, 2.75) is 13.0 Å². The largest absolute Gasteiger partial charge is 0.379 e. The van der Waals surface area contributed by atoms with E-state index < -0.39 is 0 Å². The summed E-state index contributed by atoms with van der Waals surface area (Å²) in [4.78, 5) is 2.46. The summed E-state index contributed by atoms with van der Waals surface area (Å²) >= 11 is 0. The average Bonchev–Trinajstić information content (AvgIpc) is 2.03. The average molecular weight is 158 g/mol. The highest BCUT2D eigenvalue weighted by molar-refractivity contribution is 4.70. The SMILES string of the molecule is CNCCN1CCOC[C@H]1C. The molecular formula is C8H18N2O. The van der Waals surface area contributed by atoms with Crippen molar-refractivity contribution in [2.75, 3.05) is 39.9 Å². The Hall–Kier alpha value is -0.120. The fraction of sp³-hybridized carbons (Fsp3) is 1.00. The molecular weight excluding hydrogens is 140 g/mol. The van der Waals surface area contributed by atoms with Gasteiger partial charge in [0.25, 0.3) is 0 Å². The minimum absolute atomic E-state index is 0.595. The fourth-order valence-corrected chi connectivity index (χ4v) is 1.35. The summed E-state index contributed by atoms with van der Waals surface area (Å²) in [6.07, 6.45) is 0. The Kier molecular flexibility index (Phi) is 3.83. The number of nitrogens with one attached hydrogen (secondary N) is 1. The standard InChI is InChI=1S/C8H18N2O/c1-8-7-11-6-5-10(8)4-3-9-2/h8-9H,3-7H2,1-2H3/t8-/m1/s1. The maximum Gasteiger partial charge on any atom is 0.0619 e. The Balaban J connectivity index is 2.18. The highest BCUT2D eigenvalue weighted by Gasteiger charge is 2.17. The van der Waals surface area contributed by atoms with Crippen LogP contribution in [0.25, 0.3) is 0 Å². The van der Waals surface area contributed by atoms with Crippen LogP contribution in [0, 0.1) is 0 Å². The molecule has 1 aliphatic heterocycles. The van der Waals surface area contributed by atoms with Crippen LogP contribution in [-0.4, -0.2) is 50.8 Å².